The van der Waals surface area contributed by atoms with Crippen LogP contribution in [0.25, 0.3) is 10.2 Å². The van der Waals surface area contributed by atoms with Crippen LogP contribution in [0.5, 0.6) is 5.75 Å². The molecule has 9 nitrogen and oxygen atoms in total. The Labute approximate surface area is 238 Å². The quantitative estimate of drug-likeness (QED) is 0.368. The number of rotatable bonds is 9. The van der Waals surface area contributed by atoms with Crippen LogP contribution >= 0.6 is 22.9 Å². The number of anilines is 1. The van der Waals surface area contributed by atoms with Crippen molar-refractivity contribution in [3.63, 3.8) is 0 Å². The summed E-state index contributed by atoms with van der Waals surface area (Å²) >= 11 is 7.86. The third-order valence-electron chi connectivity index (χ3n) is 7.30. The first kappa shape index (κ1) is 28.3. The van der Waals surface area contributed by atoms with E-state index in [4.69, 9.17) is 26.1 Å². The van der Waals surface area contributed by atoms with Gasteiger partial charge in [-0.1, -0.05) is 29.0 Å². The molecule has 5 rings (SSSR count). The summed E-state index contributed by atoms with van der Waals surface area (Å²) in [5.41, 5.74) is 1.74. The number of amides is 1. The van der Waals surface area contributed by atoms with Crippen molar-refractivity contribution in [1.29, 1.82) is 0 Å². The van der Waals surface area contributed by atoms with Crippen molar-refractivity contribution in [3.8, 4) is 5.75 Å². The zero-order chi connectivity index (χ0) is 27.6. The van der Waals surface area contributed by atoms with E-state index in [0.717, 1.165) is 41.8 Å². The van der Waals surface area contributed by atoms with E-state index in [-0.39, 0.29) is 17.3 Å². The number of aromatic nitrogens is 1. The number of methoxy groups -OCH3 is 1. The van der Waals surface area contributed by atoms with Crippen LogP contribution in [0.3, 0.4) is 0 Å². The van der Waals surface area contributed by atoms with Gasteiger partial charge in [0.15, 0.2) is 5.13 Å². The first-order valence-electron chi connectivity index (χ1n) is 13.1. The number of morpholine rings is 1. The fourth-order valence-corrected chi connectivity index (χ4v) is 8.12. The number of thiazole rings is 1. The van der Waals surface area contributed by atoms with Gasteiger partial charge >= 0.3 is 0 Å². The van der Waals surface area contributed by atoms with Crippen LogP contribution in [0.1, 0.15) is 24.8 Å². The minimum absolute atomic E-state index is 0.143. The Morgan fingerprint density at radius 3 is 2.62 bits per heavy atom. The second-order valence-electron chi connectivity index (χ2n) is 9.79. The Hall–Kier alpha value is -2.28. The molecular weight excluding hydrogens is 560 g/mol. The number of nitrogens with zero attached hydrogens (tertiary/aromatic N) is 4. The van der Waals surface area contributed by atoms with Crippen LogP contribution in [0, 0.1) is 6.92 Å². The van der Waals surface area contributed by atoms with Gasteiger partial charge < -0.3 is 9.47 Å². The van der Waals surface area contributed by atoms with Crippen LogP contribution in [0.4, 0.5) is 5.13 Å². The molecule has 3 aromatic rings. The average molecular weight is 593 g/mol. The van der Waals surface area contributed by atoms with Crippen molar-refractivity contribution < 1.29 is 22.7 Å². The van der Waals surface area contributed by atoms with E-state index in [9.17, 15) is 13.2 Å². The third-order valence-corrected chi connectivity index (χ3v) is 10.8. The lowest BCUT2D eigenvalue weighted by Crippen LogP contribution is -2.48. The summed E-state index contributed by atoms with van der Waals surface area (Å²) in [6.07, 6.45) is 1.80. The molecule has 2 fully saturated rings. The summed E-state index contributed by atoms with van der Waals surface area (Å²) in [4.78, 5) is 23.1. The van der Waals surface area contributed by atoms with E-state index in [1.807, 2.05) is 19.1 Å². The molecule has 1 amide bonds. The lowest BCUT2D eigenvalue weighted by molar-refractivity contribution is -0.121. The number of hydrogen-bond acceptors (Lipinski definition) is 8. The van der Waals surface area contributed by atoms with Crippen molar-refractivity contribution in [2.45, 2.75) is 37.1 Å². The summed E-state index contributed by atoms with van der Waals surface area (Å²) in [5, 5.41) is 1.13. The van der Waals surface area contributed by atoms with Gasteiger partial charge in [0.1, 0.15) is 11.8 Å². The van der Waals surface area contributed by atoms with Crippen LogP contribution in [0.2, 0.25) is 5.02 Å². The molecule has 39 heavy (non-hydrogen) atoms. The zero-order valence-corrected chi connectivity index (χ0v) is 24.5. The molecule has 1 unspecified atom stereocenters. The summed E-state index contributed by atoms with van der Waals surface area (Å²) in [5.74, 6) is 0.318. The van der Waals surface area contributed by atoms with Crippen LogP contribution < -0.4 is 9.64 Å². The fraction of sp³-hybridized carbons (Fsp3) is 0.481. The highest BCUT2D eigenvalue weighted by atomic mass is 35.5. The van der Waals surface area contributed by atoms with E-state index in [1.54, 1.807) is 17.0 Å². The first-order valence-corrected chi connectivity index (χ1v) is 15.8. The normalized spacial score (nSPS) is 19.0. The Morgan fingerprint density at radius 2 is 1.92 bits per heavy atom. The zero-order valence-electron chi connectivity index (χ0n) is 22.1. The molecule has 2 aliphatic rings. The maximum atomic E-state index is 14.2. The third kappa shape index (κ3) is 5.94. The number of benzene rings is 2. The Kier molecular flexibility index (Phi) is 8.75. The van der Waals surface area contributed by atoms with Crippen molar-refractivity contribution in [2.24, 2.45) is 0 Å². The largest absolute Gasteiger partial charge is 0.497 e. The Bertz CT molecular complexity index is 1380. The molecule has 0 bridgehead atoms. The monoisotopic (exact) mass is 592 g/mol. The number of fused-ring (bicyclic) bond motifs is 1. The van der Waals surface area contributed by atoms with Crippen LogP contribution in [-0.4, -0.2) is 87.6 Å². The molecule has 0 aliphatic carbocycles. The van der Waals surface area contributed by atoms with Crippen molar-refractivity contribution in [2.75, 3.05) is 57.9 Å². The average Bonchev–Trinajstić information content (AvgIpc) is 3.63. The standard InChI is InChI=1S/C27H33ClN4O5S2/c1-19-6-11-22(28)25-24(19)29-27(38-25)31(13-4-12-30-15-17-37-18-16-30)26(33)23-5-3-14-32(23)39(34,35)21-9-7-20(36-2)8-10-21/h6-11,23H,3-5,12-18H2,1-2H3. The minimum atomic E-state index is -3.88. The molecule has 1 atom stereocenters. The summed E-state index contributed by atoms with van der Waals surface area (Å²) < 4.78 is 40.0. The molecule has 1 aromatic heterocycles. The molecule has 3 heterocycles. The maximum absolute atomic E-state index is 14.2. The van der Waals surface area contributed by atoms with Gasteiger partial charge in [-0.25, -0.2) is 13.4 Å². The maximum Gasteiger partial charge on any atom is 0.247 e. The lowest BCUT2D eigenvalue weighted by Gasteiger charge is -2.30. The van der Waals surface area contributed by atoms with Crippen LogP contribution in [-0.2, 0) is 19.6 Å². The molecule has 0 saturated carbocycles. The van der Waals surface area contributed by atoms with Gasteiger partial charge in [0.2, 0.25) is 15.9 Å². The van der Waals surface area contributed by atoms with Gasteiger partial charge in [-0.2, -0.15) is 4.31 Å². The second-order valence-corrected chi connectivity index (χ2v) is 13.1. The summed E-state index contributed by atoms with van der Waals surface area (Å²) in [7, 11) is -2.35. The highest BCUT2D eigenvalue weighted by molar-refractivity contribution is 7.89. The molecule has 12 heteroatoms. The molecule has 210 valence electrons. The van der Waals surface area contributed by atoms with E-state index >= 15 is 0 Å². The van der Waals surface area contributed by atoms with E-state index in [2.05, 4.69) is 4.90 Å². The fourth-order valence-electron chi connectivity index (χ4n) is 5.12. The highest BCUT2D eigenvalue weighted by Gasteiger charge is 2.42. The van der Waals surface area contributed by atoms with Gasteiger partial charge in [-0.05, 0) is 62.1 Å². The number of halogens is 1. The molecule has 2 aromatic carbocycles. The summed E-state index contributed by atoms with van der Waals surface area (Å²) in [6, 6.07) is 9.23. The van der Waals surface area contributed by atoms with E-state index < -0.39 is 16.1 Å². The number of ether oxygens (including phenoxy) is 2. The number of sulfonamides is 1. The number of carbonyl (C=O) groups is 1. The molecule has 0 N–H and O–H groups in total. The van der Waals surface area contributed by atoms with Crippen molar-refractivity contribution in [3.05, 3.63) is 47.0 Å². The molecule has 2 saturated heterocycles. The van der Waals surface area contributed by atoms with Gasteiger partial charge in [0, 0.05) is 32.7 Å². The molecule has 2 aliphatic heterocycles. The number of carbonyl (C=O) groups excluding carboxylic acids is 1. The van der Waals surface area contributed by atoms with Gasteiger partial charge in [0.05, 0.1) is 40.5 Å². The number of hydrogen-bond donors (Lipinski definition) is 0. The minimum Gasteiger partial charge on any atom is -0.497 e. The summed E-state index contributed by atoms with van der Waals surface area (Å²) in [6.45, 7) is 6.64. The topological polar surface area (TPSA) is 92.3 Å². The smallest absolute Gasteiger partial charge is 0.247 e. The van der Waals surface area contributed by atoms with Gasteiger partial charge in [-0.15, -0.1) is 0 Å². The van der Waals surface area contributed by atoms with Gasteiger partial charge in [-0.3, -0.25) is 14.6 Å². The number of aryl methyl sites for hydroxylation is 1. The molecular formula is C27H33ClN4O5S2. The van der Waals surface area contributed by atoms with E-state index in [1.165, 1.54) is 34.9 Å². The lowest BCUT2D eigenvalue weighted by atomic mass is 10.2. The predicted molar refractivity (Wildman–Crippen MR) is 154 cm³/mol. The van der Waals surface area contributed by atoms with E-state index in [0.29, 0.717) is 48.5 Å². The molecule has 0 spiro atoms. The SMILES string of the molecule is COc1ccc(S(=O)(=O)N2CCCC2C(=O)N(CCCN2CCOCC2)c2nc3c(C)ccc(Cl)c3s2)cc1. The first-order chi connectivity index (χ1) is 18.8. The predicted octanol–water partition coefficient (Wildman–Crippen LogP) is 4.18. The highest BCUT2D eigenvalue weighted by Crippen LogP contribution is 2.37. The molecule has 0 radical (unpaired) electrons. The Balaban J connectivity index is 1.43. The Morgan fingerprint density at radius 1 is 1.18 bits per heavy atom. The van der Waals surface area contributed by atoms with Crippen LogP contribution in [0.15, 0.2) is 41.3 Å². The van der Waals surface area contributed by atoms with Gasteiger partial charge in [0.25, 0.3) is 0 Å². The van der Waals surface area contributed by atoms with Crippen molar-refractivity contribution in [1.82, 2.24) is 14.2 Å². The van der Waals surface area contributed by atoms with Crippen molar-refractivity contribution >= 4 is 54.2 Å². The second kappa shape index (κ2) is 12.1.